The second-order valence-electron chi connectivity index (χ2n) is 2.09. The van der Waals surface area contributed by atoms with Crippen LogP contribution in [0, 0.1) is 18.3 Å². The van der Waals surface area contributed by atoms with E-state index in [0.29, 0.717) is 5.03 Å². The molecule has 0 aromatic carbocycles. The minimum absolute atomic E-state index is 0.520. The molecule has 0 spiro atoms. The molecule has 0 unspecified atom stereocenters. The van der Waals surface area contributed by atoms with Gasteiger partial charge in [-0.25, -0.2) is 0 Å². The third kappa shape index (κ3) is 1.83. The summed E-state index contributed by atoms with van der Waals surface area (Å²) in [5.74, 6) is 0. The number of halogens is 1. The summed E-state index contributed by atoms with van der Waals surface area (Å²) in [4.78, 5) is 0. The Balaban J connectivity index is 3.04. The zero-order chi connectivity index (χ0) is 8.27. The average molecular weight is 184 g/mol. The van der Waals surface area contributed by atoms with E-state index in [9.17, 15) is 0 Å². The Bertz CT molecular complexity index is 319. The maximum atomic E-state index is 8.32. The minimum atomic E-state index is 0.520. The predicted molar refractivity (Wildman–Crippen MR) is 48.5 cm³/mol. The van der Waals surface area contributed by atoms with E-state index in [4.69, 9.17) is 16.9 Å². The quantitative estimate of drug-likeness (QED) is 0.614. The number of rotatable bonds is 1. The van der Waals surface area contributed by atoms with Gasteiger partial charge in [0.15, 0.2) is 0 Å². The summed E-state index contributed by atoms with van der Waals surface area (Å²) in [6.45, 7) is 1.97. The smallest absolute Gasteiger partial charge is 0.0927 e. The lowest BCUT2D eigenvalue weighted by molar-refractivity contribution is 1.51. The Hall–Kier alpha value is -0.780. The number of allylic oxidation sites excluding steroid dienone is 1. The van der Waals surface area contributed by atoms with Crippen molar-refractivity contribution in [3.63, 3.8) is 0 Å². The van der Waals surface area contributed by atoms with Gasteiger partial charge >= 0.3 is 0 Å². The van der Waals surface area contributed by atoms with Crippen LogP contribution in [0.25, 0.3) is 5.03 Å². The molecule has 1 heterocycles. The highest BCUT2D eigenvalue weighted by molar-refractivity contribution is 7.08. The van der Waals surface area contributed by atoms with Crippen LogP contribution in [-0.4, -0.2) is 0 Å². The fourth-order valence-corrected chi connectivity index (χ4v) is 1.90. The largest absolute Gasteiger partial charge is 0.193 e. The first-order valence-corrected chi connectivity index (χ1v) is 4.36. The van der Waals surface area contributed by atoms with Crippen LogP contribution in [-0.2, 0) is 0 Å². The second-order valence-corrected chi connectivity index (χ2v) is 3.24. The highest BCUT2D eigenvalue weighted by Gasteiger charge is 2.01. The molecule has 0 saturated carbocycles. The number of hydrogen-bond donors (Lipinski definition) is 0. The molecule has 0 aliphatic carbocycles. The Kier molecular flexibility index (Phi) is 2.70. The normalized spacial score (nSPS) is 11.2. The van der Waals surface area contributed by atoms with Gasteiger partial charge in [0, 0.05) is 11.6 Å². The number of nitrogens with zero attached hydrogens (tertiary/aromatic N) is 1. The van der Waals surface area contributed by atoms with Gasteiger partial charge < -0.3 is 0 Å². The van der Waals surface area contributed by atoms with E-state index in [1.54, 1.807) is 11.3 Å². The summed E-state index contributed by atoms with van der Waals surface area (Å²) in [5.41, 5.74) is 2.07. The van der Waals surface area contributed by atoms with Crippen molar-refractivity contribution in [2.45, 2.75) is 6.92 Å². The van der Waals surface area contributed by atoms with Gasteiger partial charge in [0.25, 0.3) is 0 Å². The van der Waals surface area contributed by atoms with Gasteiger partial charge in [-0.1, -0.05) is 11.6 Å². The van der Waals surface area contributed by atoms with E-state index >= 15 is 0 Å². The van der Waals surface area contributed by atoms with Crippen molar-refractivity contribution >= 4 is 28.0 Å². The van der Waals surface area contributed by atoms with E-state index in [1.165, 1.54) is 6.08 Å². The second kappa shape index (κ2) is 3.56. The molecule has 0 N–H and O–H groups in total. The third-order valence-corrected chi connectivity index (χ3v) is 2.48. The lowest BCUT2D eigenvalue weighted by Gasteiger charge is -1.92. The molecule has 0 radical (unpaired) electrons. The molecule has 0 fully saturated rings. The van der Waals surface area contributed by atoms with Crippen LogP contribution in [0.1, 0.15) is 11.1 Å². The van der Waals surface area contributed by atoms with Crippen molar-refractivity contribution in [3.05, 3.63) is 28.0 Å². The molecule has 1 nitrogen and oxygen atoms in total. The fourth-order valence-electron chi connectivity index (χ4n) is 0.740. The standard InChI is InChI=1S/C8H6ClNS/c1-6-4-11-5-7(6)8(9)2-3-10/h2,4-5H,1H3. The molecule has 3 heteroatoms. The van der Waals surface area contributed by atoms with Crippen LogP contribution in [0.5, 0.6) is 0 Å². The topological polar surface area (TPSA) is 23.8 Å². The molecule has 1 rings (SSSR count). The lowest BCUT2D eigenvalue weighted by Crippen LogP contribution is -1.74. The molecular weight excluding hydrogens is 178 g/mol. The van der Waals surface area contributed by atoms with Crippen molar-refractivity contribution in [2.75, 3.05) is 0 Å². The summed E-state index contributed by atoms with van der Waals surface area (Å²) in [6, 6.07) is 1.89. The molecule has 56 valence electrons. The highest BCUT2D eigenvalue weighted by Crippen LogP contribution is 2.25. The average Bonchev–Trinajstić information content (AvgIpc) is 2.36. The number of nitriles is 1. The molecule has 11 heavy (non-hydrogen) atoms. The zero-order valence-corrected chi connectivity index (χ0v) is 7.54. The van der Waals surface area contributed by atoms with Crippen molar-refractivity contribution in [1.82, 2.24) is 0 Å². The van der Waals surface area contributed by atoms with Gasteiger partial charge in [0.1, 0.15) is 0 Å². The molecule has 0 aliphatic rings. The van der Waals surface area contributed by atoms with Crippen LogP contribution in [0.3, 0.4) is 0 Å². The summed E-state index contributed by atoms with van der Waals surface area (Å²) in [5, 5.41) is 12.8. The van der Waals surface area contributed by atoms with Gasteiger partial charge in [-0.2, -0.15) is 16.6 Å². The Morgan fingerprint density at radius 2 is 2.45 bits per heavy atom. The molecule has 1 aromatic heterocycles. The number of thiophene rings is 1. The molecule has 0 amide bonds. The Morgan fingerprint density at radius 1 is 1.73 bits per heavy atom. The Labute approximate surface area is 74.5 Å². The SMILES string of the molecule is Cc1cscc1C(Cl)=CC#N. The maximum Gasteiger partial charge on any atom is 0.0927 e. The van der Waals surface area contributed by atoms with Crippen molar-refractivity contribution in [3.8, 4) is 6.07 Å². The zero-order valence-electron chi connectivity index (χ0n) is 5.97. The first kappa shape index (κ1) is 8.32. The molecule has 0 bridgehead atoms. The van der Waals surface area contributed by atoms with Crippen molar-refractivity contribution in [2.24, 2.45) is 0 Å². The van der Waals surface area contributed by atoms with Gasteiger partial charge in [-0.15, -0.1) is 0 Å². The molecule has 1 aromatic rings. The van der Waals surface area contributed by atoms with Gasteiger partial charge in [0.2, 0.25) is 0 Å². The summed E-state index contributed by atoms with van der Waals surface area (Å²) >= 11 is 7.38. The predicted octanol–water partition coefficient (Wildman–Crippen LogP) is 3.16. The first-order valence-electron chi connectivity index (χ1n) is 3.04. The van der Waals surface area contributed by atoms with E-state index in [1.807, 2.05) is 23.8 Å². The van der Waals surface area contributed by atoms with Gasteiger partial charge in [-0.05, 0) is 23.2 Å². The van der Waals surface area contributed by atoms with E-state index in [2.05, 4.69) is 0 Å². The summed E-state index contributed by atoms with van der Waals surface area (Å²) < 4.78 is 0. The monoisotopic (exact) mass is 183 g/mol. The van der Waals surface area contributed by atoms with E-state index in [0.717, 1.165) is 11.1 Å². The Morgan fingerprint density at radius 3 is 2.91 bits per heavy atom. The van der Waals surface area contributed by atoms with Crippen LogP contribution >= 0.6 is 22.9 Å². The summed E-state index contributed by atoms with van der Waals surface area (Å²) in [6.07, 6.45) is 1.34. The first-order chi connectivity index (χ1) is 5.25. The number of hydrogen-bond acceptors (Lipinski definition) is 2. The molecular formula is C8H6ClNS. The molecule has 0 atom stereocenters. The van der Waals surface area contributed by atoms with Crippen LogP contribution in [0.4, 0.5) is 0 Å². The van der Waals surface area contributed by atoms with Gasteiger partial charge in [0.05, 0.1) is 11.1 Å². The van der Waals surface area contributed by atoms with E-state index in [-0.39, 0.29) is 0 Å². The van der Waals surface area contributed by atoms with Crippen molar-refractivity contribution < 1.29 is 0 Å². The highest BCUT2D eigenvalue weighted by atomic mass is 35.5. The molecule has 0 aliphatic heterocycles. The van der Waals surface area contributed by atoms with Crippen LogP contribution < -0.4 is 0 Å². The van der Waals surface area contributed by atoms with Crippen molar-refractivity contribution in [1.29, 1.82) is 5.26 Å². The summed E-state index contributed by atoms with van der Waals surface area (Å²) in [7, 11) is 0. The maximum absolute atomic E-state index is 8.32. The van der Waals surface area contributed by atoms with Crippen LogP contribution in [0.2, 0.25) is 0 Å². The molecule has 0 saturated heterocycles. The minimum Gasteiger partial charge on any atom is -0.193 e. The van der Waals surface area contributed by atoms with E-state index < -0.39 is 0 Å². The van der Waals surface area contributed by atoms with Gasteiger partial charge in [-0.3, -0.25) is 0 Å². The fraction of sp³-hybridized carbons (Fsp3) is 0.125. The lowest BCUT2D eigenvalue weighted by atomic mass is 10.2. The van der Waals surface area contributed by atoms with Crippen LogP contribution in [0.15, 0.2) is 16.8 Å². The number of aryl methyl sites for hydroxylation is 1. The third-order valence-electron chi connectivity index (χ3n) is 1.30.